The third-order valence-electron chi connectivity index (χ3n) is 3.07. The highest BCUT2D eigenvalue weighted by Gasteiger charge is 2.12. The zero-order chi connectivity index (χ0) is 15.0. The summed E-state index contributed by atoms with van der Waals surface area (Å²) in [7, 11) is 0. The van der Waals surface area contributed by atoms with Gasteiger partial charge in [0.25, 0.3) is 11.4 Å². The molecule has 0 fully saturated rings. The van der Waals surface area contributed by atoms with Gasteiger partial charge in [-0.25, -0.2) is 0 Å². The quantitative estimate of drug-likeness (QED) is 0.536. The van der Waals surface area contributed by atoms with E-state index in [-0.39, 0.29) is 11.4 Å². The van der Waals surface area contributed by atoms with Crippen LogP contribution in [-0.4, -0.2) is 9.85 Å². The van der Waals surface area contributed by atoms with Gasteiger partial charge in [-0.15, -0.1) is 0 Å². The smallest absolute Gasteiger partial charge is 0.270 e. The Morgan fingerprint density at radius 2 is 1.43 bits per heavy atom. The highest BCUT2D eigenvalue weighted by Crippen LogP contribution is 2.30. The first-order valence-electron chi connectivity index (χ1n) is 5.97. The molecular weight excluding hydrogens is 276 g/mol. The summed E-state index contributed by atoms with van der Waals surface area (Å²) in [6.07, 6.45) is 0. The molecule has 0 saturated heterocycles. The molecule has 0 amide bonds. The van der Waals surface area contributed by atoms with Crippen molar-refractivity contribution in [1.29, 1.82) is 0 Å². The van der Waals surface area contributed by atoms with Gasteiger partial charge in [-0.05, 0) is 24.3 Å². The molecule has 0 aliphatic carbocycles. The molecule has 3 aromatic rings. The van der Waals surface area contributed by atoms with Crippen molar-refractivity contribution >= 4 is 22.3 Å². The Balaban J connectivity index is 2.04. The lowest BCUT2D eigenvalue weighted by atomic mass is 10.1. The number of benzene rings is 2. The highest BCUT2D eigenvalue weighted by atomic mass is 16.6. The SMILES string of the molecule is O=[N+]([O-])c1ccc(-c2cc3cc([N+](=O)[O-])ccc3o2)cc1. The molecule has 0 aliphatic rings. The topological polar surface area (TPSA) is 99.4 Å². The number of hydrogen-bond acceptors (Lipinski definition) is 5. The minimum absolute atomic E-state index is 0.00880. The van der Waals surface area contributed by atoms with Crippen molar-refractivity contribution in [2.75, 3.05) is 0 Å². The number of nitrogens with zero attached hydrogens (tertiary/aromatic N) is 2. The van der Waals surface area contributed by atoms with Crippen LogP contribution in [0.2, 0.25) is 0 Å². The van der Waals surface area contributed by atoms with E-state index in [2.05, 4.69) is 0 Å². The largest absolute Gasteiger partial charge is 0.456 e. The minimum Gasteiger partial charge on any atom is -0.456 e. The van der Waals surface area contributed by atoms with Crippen LogP contribution in [0.25, 0.3) is 22.3 Å². The Kier molecular flexibility index (Phi) is 2.87. The normalized spacial score (nSPS) is 10.7. The van der Waals surface area contributed by atoms with Crippen LogP contribution in [0.5, 0.6) is 0 Å². The molecule has 0 radical (unpaired) electrons. The van der Waals surface area contributed by atoms with Crippen LogP contribution in [-0.2, 0) is 0 Å². The standard InChI is InChI=1S/C14H8N2O5/c17-15(18)11-3-1-9(2-4-11)14-8-10-7-12(16(19)20)5-6-13(10)21-14/h1-8H. The molecule has 0 atom stereocenters. The molecule has 0 N–H and O–H groups in total. The molecule has 104 valence electrons. The van der Waals surface area contributed by atoms with E-state index in [0.29, 0.717) is 22.3 Å². The first-order chi connectivity index (χ1) is 10.0. The van der Waals surface area contributed by atoms with Crippen LogP contribution in [0.4, 0.5) is 11.4 Å². The predicted molar refractivity (Wildman–Crippen MR) is 75.0 cm³/mol. The monoisotopic (exact) mass is 284 g/mol. The Hall–Kier alpha value is -3.22. The molecule has 0 bridgehead atoms. The number of rotatable bonds is 3. The Morgan fingerprint density at radius 1 is 0.810 bits per heavy atom. The second-order valence-electron chi connectivity index (χ2n) is 4.39. The van der Waals surface area contributed by atoms with Crippen molar-refractivity contribution in [2.45, 2.75) is 0 Å². The second kappa shape index (κ2) is 4.71. The van der Waals surface area contributed by atoms with Gasteiger partial charge < -0.3 is 4.42 Å². The second-order valence-corrected chi connectivity index (χ2v) is 4.39. The molecular formula is C14H8N2O5. The van der Waals surface area contributed by atoms with Gasteiger partial charge in [-0.1, -0.05) is 0 Å². The summed E-state index contributed by atoms with van der Waals surface area (Å²) >= 11 is 0. The number of fused-ring (bicyclic) bond motifs is 1. The van der Waals surface area contributed by atoms with Crippen molar-refractivity contribution in [2.24, 2.45) is 0 Å². The fourth-order valence-electron chi connectivity index (χ4n) is 2.03. The first-order valence-corrected chi connectivity index (χ1v) is 5.97. The van der Waals surface area contributed by atoms with E-state index in [9.17, 15) is 20.2 Å². The van der Waals surface area contributed by atoms with Gasteiger partial charge in [0.05, 0.1) is 9.85 Å². The van der Waals surface area contributed by atoms with Crippen molar-refractivity contribution in [3.05, 3.63) is 68.8 Å². The summed E-state index contributed by atoms with van der Waals surface area (Å²) in [5.74, 6) is 0.500. The number of nitro benzene ring substituents is 2. The van der Waals surface area contributed by atoms with Crippen molar-refractivity contribution in [1.82, 2.24) is 0 Å². The van der Waals surface area contributed by atoms with E-state index < -0.39 is 9.85 Å². The van der Waals surface area contributed by atoms with Crippen LogP contribution in [0.3, 0.4) is 0 Å². The third-order valence-corrected chi connectivity index (χ3v) is 3.07. The van der Waals surface area contributed by atoms with Crippen molar-refractivity contribution in [3.63, 3.8) is 0 Å². The lowest BCUT2D eigenvalue weighted by Gasteiger charge is -1.95. The van der Waals surface area contributed by atoms with Gasteiger partial charge in [0.2, 0.25) is 0 Å². The van der Waals surface area contributed by atoms with Gasteiger partial charge in [0, 0.05) is 35.2 Å². The zero-order valence-electron chi connectivity index (χ0n) is 10.6. The van der Waals surface area contributed by atoms with Gasteiger partial charge in [0.1, 0.15) is 11.3 Å². The number of furan rings is 1. The predicted octanol–water partition coefficient (Wildman–Crippen LogP) is 3.92. The Morgan fingerprint density at radius 3 is 2.05 bits per heavy atom. The summed E-state index contributed by atoms with van der Waals surface area (Å²) in [6, 6.07) is 11.9. The maximum absolute atomic E-state index is 10.7. The molecule has 21 heavy (non-hydrogen) atoms. The Labute approximate surface area is 117 Å². The van der Waals surface area contributed by atoms with Gasteiger partial charge in [-0.3, -0.25) is 20.2 Å². The van der Waals surface area contributed by atoms with Crippen LogP contribution in [0.1, 0.15) is 0 Å². The molecule has 7 nitrogen and oxygen atoms in total. The molecule has 0 spiro atoms. The van der Waals surface area contributed by atoms with Gasteiger partial charge in [0.15, 0.2) is 0 Å². The molecule has 3 rings (SSSR count). The summed E-state index contributed by atoms with van der Waals surface area (Å²) in [5, 5.41) is 22.0. The number of nitro groups is 2. The number of non-ortho nitro benzene ring substituents is 2. The molecule has 0 saturated carbocycles. The zero-order valence-corrected chi connectivity index (χ0v) is 10.6. The van der Waals surface area contributed by atoms with Gasteiger partial charge >= 0.3 is 0 Å². The van der Waals surface area contributed by atoms with E-state index >= 15 is 0 Å². The fraction of sp³-hybridized carbons (Fsp3) is 0. The van der Waals surface area contributed by atoms with Crippen LogP contribution in [0, 0.1) is 20.2 Å². The highest BCUT2D eigenvalue weighted by molar-refractivity contribution is 5.84. The fourth-order valence-corrected chi connectivity index (χ4v) is 2.03. The van der Waals surface area contributed by atoms with Crippen LogP contribution < -0.4 is 0 Å². The lowest BCUT2D eigenvalue weighted by Crippen LogP contribution is -1.86. The summed E-state index contributed by atoms with van der Waals surface area (Å²) in [4.78, 5) is 20.4. The summed E-state index contributed by atoms with van der Waals surface area (Å²) in [6.45, 7) is 0. The lowest BCUT2D eigenvalue weighted by molar-refractivity contribution is -0.385. The molecule has 1 aromatic heterocycles. The molecule has 0 unspecified atom stereocenters. The Bertz CT molecular complexity index is 851. The van der Waals surface area contributed by atoms with Gasteiger partial charge in [-0.2, -0.15) is 0 Å². The van der Waals surface area contributed by atoms with Crippen LogP contribution in [0.15, 0.2) is 52.9 Å². The summed E-state index contributed by atoms with van der Waals surface area (Å²) < 4.78 is 5.60. The number of hydrogen-bond donors (Lipinski definition) is 0. The first kappa shape index (κ1) is 12.8. The van der Waals surface area contributed by atoms with E-state index in [4.69, 9.17) is 4.42 Å². The van der Waals surface area contributed by atoms with Crippen LogP contribution >= 0.6 is 0 Å². The van der Waals surface area contributed by atoms with Crippen molar-refractivity contribution < 1.29 is 14.3 Å². The molecule has 1 heterocycles. The van der Waals surface area contributed by atoms with Crippen molar-refractivity contribution in [3.8, 4) is 11.3 Å². The third kappa shape index (κ3) is 2.32. The molecule has 0 aliphatic heterocycles. The maximum Gasteiger partial charge on any atom is 0.270 e. The molecule has 2 aromatic carbocycles. The van der Waals surface area contributed by atoms with E-state index in [1.54, 1.807) is 18.2 Å². The van der Waals surface area contributed by atoms with E-state index in [0.717, 1.165) is 0 Å². The average molecular weight is 284 g/mol. The summed E-state index contributed by atoms with van der Waals surface area (Å²) in [5.41, 5.74) is 1.16. The maximum atomic E-state index is 10.7. The van der Waals surface area contributed by atoms with E-state index in [1.165, 1.54) is 30.3 Å². The van der Waals surface area contributed by atoms with E-state index in [1.807, 2.05) is 0 Å². The average Bonchev–Trinajstić information content (AvgIpc) is 2.90. The molecule has 7 heteroatoms. The minimum atomic E-state index is -0.480.